The summed E-state index contributed by atoms with van der Waals surface area (Å²) in [6.07, 6.45) is 3.46. The number of aliphatic imine (C=N–C) groups is 1. The average Bonchev–Trinajstić information content (AvgIpc) is 3.22. The second-order valence-corrected chi connectivity index (χ2v) is 7.88. The largest absolute Gasteiger partial charge is 0.356 e. The predicted octanol–water partition coefficient (Wildman–Crippen LogP) is 2.89. The number of benzene rings is 1. The highest BCUT2D eigenvalue weighted by atomic mass is 19.1. The maximum absolute atomic E-state index is 14.3. The smallest absolute Gasteiger partial charge is 0.193 e. The van der Waals surface area contributed by atoms with Crippen LogP contribution < -0.4 is 5.32 Å². The highest BCUT2D eigenvalue weighted by Gasteiger charge is 2.27. The van der Waals surface area contributed by atoms with E-state index in [1.165, 1.54) is 6.07 Å². The number of hydrogen-bond donors (Lipinski definition) is 1. The molecule has 1 aromatic carbocycles. The minimum atomic E-state index is -0.542. The van der Waals surface area contributed by atoms with E-state index in [0.717, 1.165) is 62.5 Å². The zero-order valence-electron chi connectivity index (χ0n) is 18.5. The van der Waals surface area contributed by atoms with Crippen LogP contribution in [0.1, 0.15) is 30.8 Å². The van der Waals surface area contributed by atoms with Gasteiger partial charge in [0.1, 0.15) is 17.5 Å². The molecule has 0 spiro atoms. The fourth-order valence-electron chi connectivity index (χ4n) is 4.37. The van der Waals surface area contributed by atoms with Gasteiger partial charge in [0.05, 0.1) is 0 Å². The van der Waals surface area contributed by atoms with E-state index in [-0.39, 0.29) is 6.04 Å². The lowest BCUT2D eigenvalue weighted by Gasteiger charge is -2.40. The number of guanidine groups is 1. The molecule has 0 radical (unpaired) electrons. The standard InChI is InChI=1S/C23H29F2N7/c1-3-20(18-8-7-17(24)16-19(18)25)30-12-14-31(15-13-30)23(26-2)27-10-9-22-29-28-21-6-4-5-11-32(21)22/h4-8,11,16,20H,3,9-10,12-15H2,1-2H3,(H,26,27). The number of nitrogens with zero attached hydrogens (tertiary/aromatic N) is 6. The Kier molecular flexibility index (Phi) is 6.94. The molecule has 1 saturated heterocycles. The Morgan fingerprint density at radius 1 is 1.12 bits per heavy atom. The van der Waals surface area contributed by atoms with Crippen molar-refractivity contribution in [3.63, 3.8) is 0 Å². The Hall–Kier alpha value is -3.07. The van der Waals surface area contributed by atoms with Crippen molar-refractivity contribution < 1.29 is 8.78 Å². The highest BCUT2D eigenvalue weighted by Crippen LogP contribution is 2.28. The van der Waals surface area contributed by atoms with E-state index in [1.54, 1.807) is 13.1 Å². The third-order valence-corrected chi connectivity index (χ3v) is 5.99. The molecule has 7 nitrogen and oxygen atoms in total. The molecule has 0 saturated carbocycles. The van der Waals surface area contributed by atoms with Gasteiger partial charge in [-0.1, -0.05) is 19.1 Å². The molecule has 1 unspecified atom stereocenters. The Labute approximate surface area is 186 Å². The summed E-state index contributed by atoms with van der Waals surface area (Å²) in [4.78, 5) is 8.91. The Morgan fingerprint density at radius 2 is 1.94 bits per heavy atom. The van der Waals surface area contributed by atoms with Gasteiger partial charge in [0.2, 0.25) is 0 Å². The minimum Gasteiger partial charge on any atom is -0.356 e. The number of aromatic nitrogens is 3. The van der Waals surface area contributed by atoms with Gasteiger partial charge in [-0.25, -0.2) is 8.78 Å². The van der Waals surface area contributed by atoms with Crippen molar-refractivity contribution in [2.24, 2.45) is 4.99 Å². The maximum Gasteiger partial charge on any atom is 0.193 e. The Bertz CT molecular complexity index is 1070. The Balaban J connectivity index is 1.32. The topological polar surface area (TPSA) is 61.1 Å². The average molecular weight is 442 g/mol. The number of fused-ring (bicyclic) bond motifs is 1. The van der Waals surface area contributed by atoms with Crippen molar-refractivity contribution in [3.05, 3.63) is 65.6 Å². The lowest BCUT2D eigenvalue weighted by atomic mass is 10.0. The van der Waals surface area contributed by atoms with Gasteiger partial charge in [-0.15, -0.1) is 10.2 Å². The fraction of sp³-hybridized carbons (Fsp3) is 0.435. The van der Waals surface area contributed by atoms with Crippen molar-refractivity contribution in [1.29, 1.82) is 0 Å². The maximum atomic E-state index is 14.3. The summed E-state index contributed by atoms with van der Waals surface area (Å²) >= 11 is 0. The minimum absolute atomic E-state index is 0.0612. The van der Waals surface area contributed by atoms with Gasteiger partial charge in [0, 0.05) is 70.1 Å². The van der Waals surface area contributed by atoms with E-state index in [0.29, 0.717) is 12.1 Å². The van der Waals surface area contributed by atoms with E-state index >= 15 is 0 Å². The summed E-state index contributed by atoms with van der Waals surface area (Å²) in [5.41, 5.74) is 1.40. The molecule has 1 atom stereocenters. The predicted molar refractivity (Wildman–Crippen MR) is 121 cm³/mol. The first-order chi connectivity index (χ1) is 15.6. The van der Waals surface area contributed by atoms with E-state index in [1.807, 2.05) is 35.7 Å². The molecular formula is C23H29F2N7. The van der Waals surface area contributed by atoms with Gasteiger partial charge in [0.15, 0.2) is 11.6 Å². The second kappa shape index (κ2) is 10.0. The van der Waals surface area contributed by atoms with Crippen LogP contribution in [0, 0.1) is 11.6 Å². The van der Waals surface area contributed by atoms with Gasteiger partial charge < -0.3 is 10.2 Å². The van der Waals surface area contributed by atoms with Crippen molar-refractivity contribution in [2.45, 2.75) is 25.8 Å². The summed E-state index contributed by atoms with van der Waals surface area (Å²) in [5.74, 6) is 0.734. The molecule has 1 fully saturated rings. The molecule has 0 amide bonds. The number of pyridine rings is 1. The Morgan fingerprint density at radius 3 is 2.66 bits per heavy atom. The molecule has 9 heteroatoms. The van der Waals surface area contributed by atoms with Crippen molar-refractivity contribution >= 4 is 11.6 Å². The molecule has 4 rings (SSSR count). The van der Waals surface area contributed by atoms with Crippen molar-refractivity contribution in [1.82, 2.24) is 29.7 Å². The van der Waals surface area contributed by atoms with E-state index in [9.17, 15) is 8.78 Å². The van der Waals surface area contributed by atoms with Crippen LogP contribution in [0.25, 0.3) is 5.65 Å². The first kappa shape index (κ1) is 22.1. The van der Waals surface area contributed by atoms with Crippen molar-refractivity contribution in [3.8, 4) is 0 Å². The SMILES string of the molecule is CCC(c1ccc(F)cc1F)N1CCN(C(=NC)NCCc2nnc3ccccn23)CC1. The molecule has 3 heterocycles. The molecule has 2 aromatic heterocycles. The zero-order valence-corrected chi connectivity index (χ0v) is 18.5. The van der Waals surface area contributed by atoms with Crippen LogP contribution in [0.15, 0.2) is 47.6 Å². The van der Waals surface area contributed by atoms with E-state index in [4.69, 9.17) is 0 Å². The van der Waals surface area contributed by atoms with Gasteiger partial charge >= 0.3 is 0 Å². The van der Waals surface area contributed by atoms with Crippen LogP contribution in [-0.4, -0.2) is 70.1 Å². The quantitative estimate of drug-likeness (QED) is 0.471. The molecule has 0 bridgehead atoms. The van der Waals surface area contributed by atoms with Crippen LogP contribution in [-0.2, 0) is 6.42 Å². The molecule has 3 aromatic rings. The number of piperazine rings is 1. The number of hydrogen-bond acceptors (Lipinski definition) is 4. The van der Waals surface area contributed by atoms with Crippen LogP contribution in [0.4, 0.5) is 8.78 Å². The summed E-state index contributed by atoms with van der Waals surface area (Å²) in [6.45, 7) is 5.87. The van der Waals surface area contributed by atoms with Crippen LogP contribution in [0.2, 0.25) is 0 Å². The summed E-state index contributed by atoms with van der Waals surface area (Å²) < 4.78 is 29.6. The van der Waals surface area contributed by atoms with Gasteiger partial charge in [-0.2, -0.15) is 0 Å². The first-order valence-electron chi connectivity index (χ1n) is 11.0. The number of nitrogens with one attached hydrogen (secondary N) is 1. The summed E-state index contributed by atoms with van der Waals surface area (Å²) in [5, 5.41) is 11.9. The zero-order chi connectivity index (χ0) is 22.5. The third kappa shape index (κ3) is 4.72. The van der Waals surface area contributed by atoms with Gasteiger partial charge in [-0.05, 0) is 24.6 Å². The highest BCUT2D eigenvalue weighted by molar-refractivity contribution is 5.80. The second-order valence-electron chi connectivity index (χ2n) is 7.88. The molecule has 170 valence electrons. The monoisotopic (exact) mass is 441 g/mol. The molecule has 1 aliphatic heterocycles. The molecule has 32 heavy (non-hydrogen) atoms. The van der Waals surface area contributed by atoms with E-state index in [2.05, 4.69) is 30.3 Å². The van der Waals surface area contributed by atoms with E-state index < -0.39 is 11.6 Å². The van der Waals surface area contributed by atoms with Crippen LogP contribution in [0.5, 0.6) is 0 Å². The van der Waals surface area contributed by atoms with Crippen LogP contribution in [0.3, 0.4) is 0 Å². The lowest BCUT2D eigenvalue weighted by molar-refractivity contribution is 0.124. The fourth-order valence-corrected chi connectivity index (χ4v) is 4.37. The van der Waals surface area contributed by atoms with Crippen LogP contribution >= 0.6 is 0 Å². The van der Waals surface area contributed by atoms with Gasteiger partial charge in [-0.3, -0.25) is 14.3 Å². The normalized spacial score (nSPS) is 16.5. The van der Waals surface area contributed by atoms with Gasteiger partial charge in [0.25, 0.3) is 0 Å². The summed E-state index contributed by atoms with van der Waals surface area (Å²) in [6, 6.07) is 9.66. The first-order valence-corrected chi connectivity index (χ1v) is 11.0. The third-order valence-electron chi connectivity index (χ3n) is 5.99. The molecule has 0 aliphatic carbocycles. The number of halogens is 2. The lowest BCUT2D eigenvalue weighted by Crippen LogP contribution is -2.53. The molecule has 1 aliphatic rings. The summed E-state index contributed by atoms with van der Waals surface area (Å²) in [7, 11) is 1.78. The number of rotatable bonds is 6. The molecule has 1 N–H and O–H groups in total. The molecular weight excluding hydrogens is 412 g/mol. The van der Waals surface area contributed by atoms with Crippen molar-refractivity contribution in [2.75, 3.05) is 39.8 Å².